The molecule has 3 heterocycles. The summed E-state index contributed by atoms with van der Waals surface area (Å²) >= 11 is 0. The Hall–Kier alpha value is -9.80. The molecule has 0 unspecified atom stereocenters. The summed E-state index contributed by atoms with van der Waals surface area (Å²) < 4.78 is 4.49. The van der Waals surface area contributed by atoms with Crippen molar-refractivity contribution in [2.75, 3.05) is 0 Å². The first-order valence-corrected chi connectivity index (χ1v) is 22.3. The molecule has 0 fully saturated rings. The third-order valence-corrected chi connectivity index (χ3v) is 13.0. The molecule has 314 valence electrons. The van der Waals surface area contributed by atoms with Crippen molar-refractivity contribution in [3.63, 3.8) is 0 Å². The van der Waals surface area contributed by atoms with Crippen molar-refractivity contribution in [2.24, 2.45) is 0 Å². The van der Waals surface area contributed by atoms with Gasteiger partial charge in [-0.1, -0.05) is 146 Å². The molecule has 0 bridgehead atoms. The average Bonchev–Trinajstić information content (AvgIpc) is 3.93. The first-order valence-electron chi connectivity index (χ1n) is 22.3. The number of hydrogen-bond donors (Lipinski definition) is 0. The number of nitriles is 2. The van der Waals surface area contributed by atoms with E-state index in [0.29, 0.717) is 16.8 Å². The molecule has 3 aromatic heterocycles. The number of hydrogen-bond acceptors (Lipinski definition) is 3. The number of rotatable bonds is 7. The molecule has 0 aliphatic rings. The summed E-state index contributed by atoms with van der Waals surface area (Å²) in [4.78, 5) is 8.84. The van der Waals surface area contributed by atoms with Crippen LogP contribution in [0.4, 0.5) is 5.69 Å². The van der Waals surface area contributed by atoms with Crippen molar-refractivity contribution in [1.29, 1.82) is 10.5 Å². The highest BCUT2D eigenvalue weighted by atomic mass is 15.0. The van der Waals surface area contributed by atoms with Crippen LogP contribution in [0.1, 0.15) is 11.1 Å². The predicted octanol–water partition coefficient (Wildman–Crippen LogP) is 15.9. The van der Waals surface area contributed by atoms with Gasteiger partial charge >= 0.3 is 0 Å². The molecular weight excluding hydrogens is 829 g/mol. The highest BCUT2D eigenvalue weighted by Gasteiger charge is 2.24. The van der Waals surface area contributed by atoms with Gasteiger partial charge in [-0.15, -0.1) is 0 Å². The van der Waals surface area contributed by atoms with E-state index in [1.165, 1.54) is 0 Å². The lowest BCUT2D eigenvalue weighted by molar-refractivity contribution is 1.12. The number of fused-ring (bicyclic) bond motifs is 6. The van der Waals surface area contributed by atoms with Crippen LogP contribution in [0.15, 0.2) is 218 Å². The maximum atomic E-state index is 11.7. The topological polar surface area (TPSA) is 74.7 Å². The maximum absolute atomic E-state index is 11.7. The molecule has 9 aromatic carbocycles. The molecule has 6 nitrogen and oxygen atoms in total. The summed E-state index contributed by atoms with van der Waals surface area (Å²) in [5.74, 6) is 0. The van der Waals surface area contributed by atoms with E-state index >= 15 is 0 Å². The average molecular weight is 865 g/mol. The van der Waals surface area contributed by atoms with E-state index in [4.69, 9.17) is 11.6 Å². The first kappa shape index (κ1) is 39.8. The van der Waals surface area contributed by atoms with Gasteiger partial charge in [0.25, 0.3) is 0 Å². The zero-order valence-electron chi connectivity index (χ0n) is 36.5. The molecule has 0 aliphatic carbocycles. The molecule has 0 N–H and O–H groups in total. The van der Waals surface area contributed by atoms with Crippen LogP contribution in [0.2, 0.25) is 0 Å². The second-order valence-corrected chi connectivity index (χ2v) is 16.9. The van der Waals surface area contributed by atoms with Gasteiger partial charge in [0.2, 0.25) is 0 Å². The predicted molar refractivity (Wildman–Crippen MR) is 276 cm³/mol. The molecule has 12 aromatic rings. The van der Waals surface area contributed by atoms with E-state index < -0.39 is 0 Å². The third-order valence-electron chi connectivity index (χ3n) is 13.0. The van der Waals surface area contributed by atoms with Crippen LogP contribution < -0.4 is 0 Å². The standard InChI is InChI=1S/C62H36N6/c1-65-49-28-24-42(25-29-49)46-27-31-60-53(33-46)51-17-9-11-19-58(51)68(60)62-37-48(47-34-55(43-12-4-2-5-13-43)66-56(35-47)44-14-6-3-7-15-44)36-61(54(62)39-64)67-57-18-10-8-16-50(57)52-32-45(26-30-59(52)67)41-22-20-40(38-63)21-23-41/h2-37H. The Bertz CT molecular complexity index is 3830. The van der Waals surface area contributed by atoms with Crippen molar-refractivity contribution >= 4 is 49.3 Å². The molecule has 12 rings (SSSR count). The summed E-state index contributed by atoms with van der Waals surface area (Å²) in [6.07, 6.45) is 0. The Labute approximate surface area is 392 Å². The molecular formula is C62H36N6. The van der Waals surface area contributed by atoms with E-state index in [1.807, 2.05) is 84.9 Å². The van der Waals surface area contributed by atoms with Crippen molar-refractivity contribution in [3.05, 3.63) is 241 Å². The van der Waals surface area contributed by atoms with E-state index in [0.717, 1.165) is 111 Å². The molecule has 0 saturated carbocycles. The van der Waals surface area contributed by atoms with Crippen LogP contribution >= 0.6 is 0 Å². The van der Waals surface area contributed by atoms with E-state index in [1.54, 1.807) is 0 Å². The molecule has 0 saturated heterocycles. The Kier molecular flexibility index (Phi) is 9.55. The number of pyridine rings is 1. The number of aromatic nitrogens is 3. The van der Waals surface area contributed by atoms with Gasteiger partial charge in [0, 0.05) is 32.7 Å². The Morgan fingerprint density at radius 3 is 1.26 bits per heavy atom. The maximum Gasteiger partial charge on any atom is 0.187 e. The highest BCUT2D eigenvalue weighted by Crippen LogP contribution is 2.43. The molecule has 68 heavy (non-hydrogen) atoms. The monoisotopic (exact) mass is 864 g/mol. The summed E-state index contributed by atoms with van der Waals surface area (Å²) in [5, 5.41) is 25.4. The Morgan fingerprint density at radius 1 is 0.368 bits per heavy atom. The smallest absolute Gasteiger partial charge is 0.187 e. The van der Waals surface area contributed by atoms with Crippen molar-refractivity contribution in [2.45, 2.75) is 0 Å². The second kappa shape index (κ2) is 16.3. The van der Waals surface area contributed by atoms with Gasteiger partial charge in [-0.2, -0.15) is 10.5 Å². The van der Waals surface area contributed by atoms with Gasteiger partial charge in [-0.25, -0.2) is 9.83 Å². The third kappa shape index (κ3) is 6.67. The highest BCUT2D eigenvalue weighted by molar-refractivity contribution is 6.12. The van der Waals surface area contributed by atoms with Crippen LogP contribution in [0.3, 0.4) is 0 Å². The molecule has 0 spiro atoms. The summed E-state index contributed by atoms with van der Waals surface area (Å²) in [6.45, 7) is 7.48. The molecule has 6 heteroatoms. The summed E-state index contributed by atoms with van der Waals surface area (Å²) in [6, 6.07) is 79.3. The number of benzene rings is 9. The fourth-order valence-corrected chi connectivity index (χ4v) is 9.75. The normalized spacial score (nSPS) is 11.2. The summed E-state index contributed by atoms with van der Waals surface area (Å²) in [7, 11) is 0. The minimum Gasteiger partial charge on any atom is -0.308 e. The lowest BCUT2D eigenvalue weighted by Gasteiger charge is -2.19. The van der Waals surface area contributed by atoms with Gasteiger partial charge in [0.05, 0.1) is 63.0 Å². The fraction of sp³-hybridized carbons (Fsp3) is 0. The van der Waals surface area contributed by atoms with Crippen molar-refractivity contribution in [3.8, 4) is 79.4 Å². The van der Waals surface area contributed by atoms with E-state index in [9.17, 15) is 10.5 Å². The largest absolute Gasteiger partial charge is 0.308 e. The minimum atomic E-state index is 0.523. The van der Waals surface area contributed by atoms with Gasteiger partial charge in [0.15, 0.2) is 5.69 Å². The second-order valence-electron chi connectivity index (χ2n) is 16.9. The van der Waals surface area contributed by atoms with Crippen LogP contribution in [-0.4, -0.2) is 14.1 Å². The lowest BCUT2D eigenvalue weighted by atomic mass is 9.97. The Balaban J connectivity index is 1.17. The fourth-order valence-electron chi connectivity index (χ4n) is 9.75. The lowest BCUT2D eigenvalue weighted by Crippen LogP contribution is -2.05. The quantitative estimate of drug-likeness (QED) is 0.150. The summed E-state index contributed by atoms with van der Waals surface area (Å²) in [5.41, 5.74) is 16.8. The Morgan fingerprint density at radius 2 is 0.794 bits per heavy atom. The van der Waals surface area contributed by atoms with Crippen LogP contribution in [0, 0.1) is 29.2 Å². The zero-order chi connectivity index (χ0) is 45.7. The van der Waals surface area contributed by atoms with Crippen LogP contribution in [0.5, 0.6) is 0 Å². The van der Waals surface area contributed by atoms with Gasteiger partial charge in [0.1, 0.15) is 11.6 Å². The SMILES string of the molecule is [C-]#[N+]c1ccc(-c2ccc3c(c2)c2ccccc2n3-c2cc(-c3cc(-c4ccccc4)nc(-c4ccccc4)c3)cc(-n3c4ccccc4c4cc(-c5ccc(C#N)cc5)ccc43)c2C#N)cc1. The van der Waals surface area contributed by atoms with Gasteiger partial charge in [-0.3, -0.25) is 0 Å². The molecule has 0 atom stereocenters. The molecule has 0 amide bonds. The molecule has 0 aliphatic heterocycles. The van der Waals surface area contributed by atoms with Gasteiger partial charge in [-0.05, 0) is 106 Å². The number of nitrogens with zero attached hydrogens (tertiary/aromatic N) is 6. The number of para-hydroxylation sites is 2. The molecule has 0 radical (unpaired) electrons. The van der Waals surface area contributed by atoms with E-state index in [2.05, 4.69) is 160 Å². The first-order chi connectivity index (χ1) is 33.6. The minimum absolute atomic E-state index is 0.523. The van der Waals surface area contributed by atoms with Crippen LogP contribution in [-0.2, 0) is 0 Å². The van der Waals surface area contributed by atoms with E-state index in [-0.39, 0.29) is 0 Å². The zero-order valence-corrected chi connectivity index (χ0v) is 36.5. The van der Waals surface area contributed by atoms with Crippen LogP contribution in [0.25, 0.3) is 116 Å². The van der Waals surface area contributed by atoms with Crippen molar-refractivity contribution < 1.29 is 0 Å². The van der Waals surface area contributed by atoms with Crippen molar-refractivity contribution in [1.82, 2.24) is 14.1 Å². The van der Waals surface area contributed by atoms with Gasteiger partial charge < -0.3 is 9.13 Å².